The minimum atomic E-state index is -0.269. The number of halogens is 2. The second kappa shape index (κ2) is 5.57. The van der Waals surface area contributed by atoms with E-state index in [0.29, 0.717) is 6.54 Å². The van der Waals surface area contributed by atoms with E-state index >= 15 is 0 Å². The fourth-order valence-corrected chi connectivity index (χ4v) is 2.67. The minimum absolute atomic E-state index is 0.252. The first-order valence-corrected chi connectivity index (χ1v) is 6.71. The maximum atomic E-state index is 11.7. The quantitative estimate of drug-likeness (QED) is 0.940. The Balaban J connectivity index is 1.98. The molecular weight excluding hydrogens is 326 g/mol. The van der Waals surface area contributed by atoms with Gasteiger partial charge in [0.05, 0.1) is 6.54 Å². The number of carbonyl (C=O) groups excluding carboxylic acids is 1. The first-order valence-electron chi connectivity index (χ1n) is 4.66. The Morgan fingerprint density at radius 3 is 2.82 bits per heavy atom. The molecule has 0 atom stereocenters. The molecule has 7 heteroatoms. The molecule has 0 aliphatic carbocycles. The van der Waals surface area contributed by atoms with Crippen LogP contribution < -0.4 is 5.32 Å². The van der Waals surface area contributed by atoms with Gasteiger partial charge in [-0.15, -0.1) is 21.5 Å². The molecule has 0 aliphatic heterocycles. The van der Waals surface area contributed by atoms with Crippen molar-refractivity contribution in [3.8, 4) is 0 Å². The number of nitrogens with one attached hydrogen (secondary N) is 1. The number of thiophene rings is 1. The highest BCUT2D eigenvalue weighted by Crippen LogP contribution is 2.22. The zero-order chi connectivity index (χ0) is 12.3. The lowest BCUT2D eigenvalue weighted by Crippen LogP contribution is -2.23. The number of aromatic nitrogens is 2. The number of hydrogen-bond donors (Lipinski definition) is 1. The molecule has 0 saturated heterocycles. The van der Waals surface area contributed by atoms with E-state index < -0.39 is 0 Å². The summed E-state index contributed by atoms with van der Waals surface area (Å²) in [6, 6.07) is 5.01. The van der Waals surface area contributed by atoms with E-state index in [1.54, 1.807) is 11.3 Å². The highest BCUT2D eigenvalue weighted by Gasteiger charge is 2.09. The molecule has 0 spiro atoms. The SMILES string of the molecule is O=C(NCc1sccc1Br)c1ccc(Cl)nn1. The Bertz CT molecular complexity index is 529. The summed E-state index contributed by atoms with van der Waals surface area (Å²) in [7, 11) is 0. The molecule has 4 nitrogen and oxygen atoms in total. The van der Waals surface area contributed by atoms with Crippen LogP contribution in [0, 0.1) is 0 Å². The highest BCUT2D eigenvalue weighted by molar-refractivity contribution is 9.10. The Morgan fingerprint density at radius 1 is 1.41 bits per heavy atom. The zero-order valence-electron chi connectivity index (χ0n) is 8.48. The Hall–Kier alpha value is -0.980. The molecule has 0 bridgehead atoms. The molecule has 2 aromatic heterocycles. The van der Waals surface area contributed by atoms with Gasteiger partial charge < -0.3 is 5.32 Å². The van der Waals surface area contributed by atoms with Crippen LogP contribution >= 0.6 is 38.9 Å². The normalized spacial score (nSPS) is 10.2. The lowest BCUT2D eigenvalue weighted by atomic mass is 10.3. The van der Waals surface area contributed by atoms with Crippen molar-refractivity contribution in [1.29, 1.82) is 0 Å². The fraction of sp³-hybridized carbons (Fsp3) is 0.100. The topological polar surface area (TPSA) is 54.9 Å². The van der Waals surface area contributed by atoms with Gasteiger partial charge >= 0.3 is 0 Å². The molecule has 2 heterocycles. The number of carbonyl (C=O) groups is 1. The van der Waals surface area contributed by atoms with Crippen molar-refractivity contribution in [2.45, 2.75) is 6.54 Å². The van der Waals surface area contributed by atoms with Crippen molar-refractivity contribution < 1.29 is 4.79 Å². The highest BCUT2D eigenvalue weighted by atomic mass is 79.9. The van der Waals surface area contributed by atoms with Gasteiger partial charge in [0.15, 0.2) is 10.8 Å². The molecule has 17 heavy (non-hydrogen) atoms. The summed E-state index contributed by atoms with van der Waals surface area (Å²) in [5.74, 6) is -0.269. The van der Waals surface area contributed by atoms with Gasteiger partial charge in [-0.05, 0) is 39.5 Å². The van der Waals surface area contributed by atoms with Crippen LogP contribution in [0.3, 0.4) is 0 Å². The van der Waals surface area contributed by atoms with Gasteiger partial charge in [0.2, 0.25) is 0 Å². The average molecular weight is 333 g/mol. The standard InChI is InChI=1S/C10H7BrClN3OS/c11-6-3-4-17-8(6)5-13-10(16)7-1-2-9(12)15-14-7/h1-4H,5H2,(H,13,16). The maximum absolute atomic E-state index is 11.7. The molecule has 0 fully saturated rings. The minimum Gasteiger partial charge on any atom is -0.346 e. The first kappa shape index (κ1) is 12.5. The predicted molar refractivity (Wildman–Crippen MR) is 70.2 cm³/mol. The predicted octanol–water partition coefficient (Wildman–Crippen LogP) is 2.88. The Kier molecular flexibility index (Phi) is 4.09. The van der Waals surface area contributed by atoms with E-state index in [0.717, 1.165) is 9.35 Å². The lowest BCUT2D eigenvalue weighted by molar-refractivity contribution is 0.0945. The summed E-state index contributed by atoms with van der Waals surface area (Å²) in [4.78, 5) is 12.8. The summed E-state index contributed by atoms with van der Waals surface area (Å²) >= 11 is 10.6. The summed E-state index contributed by atoms with van der Waals surface area (Å²) in [6.45, 7) is 0.460. The molecule has 0 saturated carbocycles. The van der Waals surface area contributed by atoms with Gasteiger partial charge in [-0.2, -0.15) is 0 Å². The second-order valence-electron chi connectivity index (χ2n) is 3.12. The molecule has 0 aromatic carbocycles. The summed E-state index contributed by atoms with van der Waals surface area (Å²) in [6.07, 6.45) is 0. The number of amides is 1. The molecule has 1 N–H and O–H groups in total. The lowest BCUT2D eigenvalue weighted by Gasteiger charge is -2.02. The summed E-state index contributed by atoms with van der Waals surface area (Å²) < 4.78 is 0.991. The van der Waals surface area contributed by atoms with Gasteiger partial charge in [-0.1, -0.05) is 11.6 Å². The molecule has 1 amide bonds. The van der Waals surface area contributed by atoms with E-state index in [2.05, 4.69) is 31.4 Å². The molecule has 0 aliphatic rings. The molecule has 88 valence electrons. The number of rotatable bonds is 3. The van der Waals surface area contributed by atoms with Crippen molar-refractivity contribution in [1.82, 2.24) is 15.5 Å². The van der Waals surface area contributed by atoms with Crippen LogP contribution in [-0.2, 0) is 6.54 Å². The van der Waals surface area contributed by atoms with Crippen molar-refractivity contribution in [2.24, 2.45) is 0 Å². The molecule has 2 rings (SSSR count). The van der Waals surface area contributed by atoms with Gasteiger partial charge in [-0.3, -0.25) is 4.79 Å². The van der Waals surface area contributed by atoms with Gasteiger partial charge in [0, 0.05) is 9.35 Å². The van der Waals surface area contributed by atoms with Crippen LogP contribution in [0.15, 0.2) is 28.1 Å². The van der Waals surface area contributed by atoms with Crippen LogP contribution in [-0.4, -0.2) is 16.1 Å². The third kappa shape index (κ3) is 3.24. The van der Waals surface area contributed by atoms with Crippen molar-refractivity contribution in [2.75, 3.05) is 0 Å². The van der Waals surface area contributed by atoms with Crippen LogP contribution in [0.1, 0.15) is 15.4 Å². The Morgan fingerprint density at radius 2 is 2.24 bits per heavy atom. The van der Waals surface area contributed by atoms with Gasteiger partial charge in [0.25, 0.3) is 5.91 Å². The zero-order valence-corrected chi connectivity index (χ0v) is 11.6. The van der Waals surface area contributed by atoms with Crippen molar-refractivity contribution in [3.63, 3.8) is 0 Å². The number of hydrogen-bond acceptors (Lipinski definition) is 4. The van der Waals surface area contributed by atoms with E-state index in [4.69, 9.17) is 11.6 Å². The monoisotopic (exact) mass is 331 g/mol. The van der Waals surface area contributed by atoms with Gasteiger partial charge in [0.1, 0.15) is 0 Å². The smallest absolute Gasteiger partial charge is 0.272 e. The third-order valence-corrected chi connectivity index (χ3v) is 4.09. The second-order valence-corrected chi connectivity index (χ2v) is 5.36. The van der Waals surface area contributed by atoms with Crippen molar-refractivity contribution >= 4 is 44.8 Å². The number of nitrogens with zero attached hydrogens (tertiary/aromatic N) is 2. The Labute approximate surface area is 115 Å². The molecule has 0 radical (unpaired) electrons. The van der Waals surface area contributed by atoms with Crippen LogP contribution in [0.4, 0.5) is 0 Å². The van der Waals surface area contributed by atoms with E-state index in [1.165, 1.54) is 12.1 Å². The van der Waals surface area contributed by atoms with E-state index in [1.807, 2.05) is 11.4 Å². The van der Waals surface area contributed by atoms with Gasteiger partial charge in [-0.25, -0.2) is 0 Å². The summed E-state index contributed by atoms with van der Waals surface area (Å²) in [5.41, 5.74) is 0.252. The first-order chi connectivity index (χ1) is 8.16. The molecule has 2 aromatic rings. The van der Waals surface area contributed by atoms with Crippen LogP contribution in [0.5, 0.6) is 0 Å². The third-order valence-electron chi connectivity index (χ3n) is 1.97. The van der Waals surface area contributed by atoms with Crippen LogP contribution in [0.2, 0.25) is 5.15 Å². The summed E-state index contributed by atoms with van der Waals surface area (Å²) in [5, 5.41) is 12.3. The maximum Gasteiger partial charge on any atom is 0.272 e. The van der Waals surface area contributed by atoms with E-state index in [-0.39, 0.29) is 16.8 Å². The largest absolute Gasteiger partial charge is 0.346 e. The van der Waals surface area contributed by atoms with E-state index in [9.17, 15) is 4.79 Å². The fourth-order valence-electron chi connectivity index (χ4n) is 1.14. The molecule has 0 unspecified atom stereocenters. The van der Waals surface area contributed by atoms with Crippen LogP contribution in [0.25, 0.3) is 0 Å². The molecular formula is C10H7BrClN3OS. The average Bonchev–Trinajstić information content (AvgIpc) is 2.73. The van der Waals surface area contributed by atoms with Crippen molar-refractivity contribution in [3.05, 3.63) is 43.8 Å².